The fourth-order valence-corrected chi connectivity index (χ4v) is 1.57. The van der Waals surface area contributed by atoms with Crippen molar-refractivity contribution in [2.45, 2.75) is 19.9 Å². The van der Waals surface area contributed by atoms with Crippen molar-refractivity contribution >= 4 is 16.9 Å². The first-order valence-electron chi connectivity index (χ1n) is 4.81. The summed E-state index contributed by atoms with van der Waals surface area (Å²) in [6.45, 7) is 2.42. The molecule has 0 amide bonds. The maximum atomic E-state index is 10.4. The van der Waals surface area contributed by atoms with E-state index in [1.807, 2.05) is 31.3 Å². The molecule has 0 radical (unpaired) electrons. The molecule has 15 heavy (non-hydrogen) atoms. The predicted octanol–water partition coefficient (Wildman–Crippen LogP) is 1.82. The van der Waals surface area contributed by atoms with E-state index in [1.54, 1.807) is 4.68 Å². The zero-order chi connectivity index (χ0) is 10.8. The average molecular weight is 204 g/mol. The molecule has 0 aliphatic rings. The number of carboxylic acids is 1. The number of hydrogen-bond acceptors (Lipinski definition) is 2. The van der Waals surface area contributed by atoms with Crippen LogP contribution in [0.3, 0.4) is 0 Å². The van der Waals surface area contributed by atoms with Gasteiger partial charge in [-0.2, -0.15) is 5.10 Å². The van der Waals surface area contributed by atoms with E-state index in [-0.39, 0.29) is 6.42 Å². The molecule has 0 aliphatic heterocycles. The Hall–Kier alpha value is -1.84. The number of aliphatic carboxylic acids is 1. The van der Waals surface area contributed by atoms with Crippen molar-refractivity contribution in [3.8, 4) is 0 Å². The van der Waals surface area contributed by atoms with Gasteiger partial charge in [0.1, 0.15) is 0 Å². The summed E-state index contributed by atoms with van der Waals surface area (Å²) in [5.74, 6) is -0.800. The highest BCUT2D eigenvalue weighted by Crippen LogP contribution is 2.15. The third-order valence-corrected chi connectivity index (χ3v) is 2.34. The molecule has 0 atom stereocenters. The van der Waals surface area contributed by atoms with Crippen molar-refractivity contribution < 1.29 is 9.90 Å². The van der Waals surface area contributed by atoms with Gasteiger partial charge in [-0.1, -0.05) is 18.2 Å². The van der Waals surface area contributed by atoms with E-state index in [4.69, 9.17) is 5.11 Å². The zero-order valence-electron chi connectivity index (χ0n) is 8.47. The normalized spacial score (nSPS) is 10.7. The molecule has 4 heteroatoms. The number of benzene rings is 1. The summed E-state index contributed by atoms with van der Waals surface area (Å²) < 4.78 is 1.69. The van der Waals surface area contributed by atoms with Crippen molar-refractivity contribution in [1.82, 2.24) is 9.78 Å². The van der Waals surface area contributed by atoms with E-state index in [9.17, 15) is 4.79 Å². The van der Waals surface area contributed by atoms with E-state index in [0.29, 0.717) is 6.54 Å². The minimum Gasteiger partial charge on any atom is -0.481 e. The Morgan fingerprint density at radius 1 is 1.53 bits per heavy atom. The van der Waals surface area contributed by atoms with E-state index in [2.05, 4.69) is 5.10 Å². The van der Waals surface area contributed by atoms with Crippen LogP contribution in [0, 0.1) is 6.92 Å². The molecule has 0 aliphatic carbocycles. The lowest BCUT2D eigenvalue weighted by Gasteiger charge is -1.95. The van der Waals surface area contributed by atoms with Crippen molar-refractivity contribution in [3.63, 3.8) is 0 Å². The molecule has 78 valence electrons. The predicted molar refractivity (Wildman–Crippen MR) is 56.7 cm³/mol. The van der Waals surface area contributed by atoms with Gasteiger partial charge in [-0.25, -0.2) is 0 Å². The monoisotopic (exact) mass is 204 g/mol. The minimum atomic E-state index is -0.800. The molecule has 0 unspecified atom stereocenters. The summed E-state index contributed by atoms with van der Waals surface area (Å²) in [5.41, 5.74) is 2.06. The van der Waals surface area contributed by atoms with Gasteiger partial charge in [0.25, 0.3) is 0 Å². The molecule has 0 bridgehead atoms. The largest absolute Gasteiger partial charge is 0.481 e. The van der Waals surface area contributed by atoms with Gasteiger partial charge in [-0.3, -0.25) is 9.48 Å². The molecular weight excluding hydrogens is 192 g/mol. The smallest absolute Gasteiger partial charge is 0.305 e. The lowest BCUT2D eigenvalue weighted by atomic mass is 10.2. The standard InChI is InChI=1S/C11H12N2O2/c1-8-3-2-4-9-7-13(12-11(8)9)6-5-10(14)15/h2-4,7H,5-6H2,1H3,(H,14,15). The number of aryl methyl sites for hydroxylation is 2. The molecule has 0 saturated carbocycles. The van der Waals surface area contributed by atoms with Crippen LogP contribution >= 0.6 is 0 Å². The number of carboxylic acid groups (broad SMARTS) is 1. The number of carbonyl (C=O) groups is 1. The van der Waals surface area contributed by atoms with Crippen LogP contribution in [0.4, 0.5) is 0 Å². The number of nitrogens with zero attached hydrogens (tertiary/aromatic N) is 2. The van der Waals surface area contributed by atoms with Gasteiger partial charge in [0.15, 0.2) is 0 Å². The summed E-state index contributed by atoms with van der Waals surface area (Å²) in [7, 11) is 0. The van der Waals surface area contributed by atoms with Crippen molar-refractivity contribution in [1.29, 1.82) is 0 Å². The van der Waals surface area contributed by atoms with Crippen molar-refractivity contribution in [2.24, 2.45) is 0 Å². The highest BCUT2D eigenvalue weighted by atomic mass is 16.4. The Kier molecular flexibility index (Phi) is 2.41. The van der Waals surface area contributed by atoms with Crippen LogP contribution in [-0.4, -0.2) is 20.9 Å². The molecular formula is C11H12N2O2. The number of hydrogen-bond donors (Lipinski definition) is 1. The Bertz CT molecular complexity index is 502. The summed E-state index contributed by atoms with van der Waals surface area (Å²) in [4.78, 5) is 10.4. The third kappa shape index (κ3) is 1.98. The second-order valence-corrected chi connectivity index (χ2v) is 3.55. The second-order valence-electron chi connectivity index (χ2n) is 3.55. The van der Waals surface area contributed by atoms with E-state index in [0.717, 1.165) is 16.5 Å². The molecule has 4 nitrogen and oxygen atoms in total. The lowest BCUT2D eigenvalue weighted by Crippen LogP contribution is -2.04. The van der Waals surface area contributed by atoms with E-state index in [1.165, 1.54) is 0 Å². The first kappa shape index (κ1) is 9.71. The maximum absolute atomic E-state index is 10.4. The molecule has 0 spiro atoms. The van der Waals surface area contributed by atoms with Gasteiger partial charge in [0.05, 0.1) is 18.5 Å². The number of fused-ring (bicyclic) bond motifs is 1. The molecule has 1 N–H and O–H groups in total. The number of rotatable bonds is 3. The fraction of sp³-hybridized carbons (Fsp3) is 0.273. The van der Waals surface area contributed by atoms with Gasteiger partial charge in [-0.05, 0) is 12.5 Å². The first-order chi connectivity index (χ1) is 7.16. The summed E-state index contributed by atoms with van der Waals surface area (Å²) in [6.07, 6.45) is 1.98. The molecule has 1 aromatic heterocycles. The van der Waals surface area contributed by atoms with Crippen LogP contribution in [0.5, 0.6) is 0 Å². The zero-order valence-corrected chi connectivity index (χ0v) is 8.47. The van der Waals surface area contributed by atoms with Gasteiger partial charge in [0, 0.05) is 11.6 Å². The van der Waals surface area contributed by atoms with Gasteiger partial charge in [0.2, 0.25) is 0 Å². The Balaban J connectivity index is 2.31. The maximum Gasteiger partial charge on any atom is 0.305 e. The van der Waals surface area contributed by atoms with Crippen molar-refractivity contribution in [2.75, 3.05) is 0 Å². The fourth-order valence-electron chi connectivity index (χ4n) is 1.57. The quantitative estimate of drug-likeness (QED) is 0.829. The molecule has 1 heterocycles. The SMILES string of the molecule is Cc1cccc2cn(CCC(=O)O)nc12. The van der Waals surface area contributed by atoms with Gasteiger partial charge < -0.3 is 5.11 Å². The Labute approximate surface area is 87.1 Å². The molecule has 0 fully saturated rings. The molecule has 1 aromatic carbocycles. The van der Waals surface area contributed by atoms with E-state index >= 15 is 0 Å². The van der Waals surface area contributed by atoms with Crippen molar-refractivity contribution in [3.05, 3.63) is 30.0 Å². The topological polar surface area (TPSA) is 55.1 Å². The summed E-state index contributed by atoms with van der Waals surface area (Å²) in [6, 6.07) is 5.95. The highest BCUT2D eigenvalue weighted by molar-refractivity contribution is 5.81. The Morgan fingerprint density at radius 2 is 2.33 bits per heavy atom. The average Bonchev–Trinajstić information content (AvgIpc) is 2.59. The molecule has 0 saturated heterocycles. The van der Waals surface area contributed by atoms with Crippen LogP contribution in [0.15, 0.2) is 24.4 Å². The van der Waals surface area contributed by atoms with Gasteiger partial charge >= 0.3 is 5.97 Å². The van der Waals surface area contributed by atoms with E-state index < -0.39 is 5.97 Å². The number of aromatic nitrogens is 2. The minimum absolute atomic E-state index is 0.104. The lowest BCUT2D eigenvalue weighted by molar-refractivity contribution is -0.137. The van der Waals surface area contributed by atoms with Crippen LogP contribution in [0.25, 0.3) is 10.9 Å². The van der Waals surface area contributed by atoms with Crippen LogP contribution in [0.2, 0.25) is 0 Å². The summed E-state index contributed by atoms with van der Waals surface area (Å²) >= 11 is 0. The second kappa shape index (κ2) is 3.73. The van der Waals surface area contributed by atoms with Crippen LogP contribution in [-0.2, 0) is 11.3 Å². The molecule has 2 rings (SSSR count). The molecule has 2 aromatic rings. The highest BCUT2D eigenvalue weighted by Gasteiger charge is 2.04. The van der Waals surface area contributed by atoms with Crippen LogP contribution < -0.4 is 0 Å². The first-order valence-corrected chi connectivity index (χ1v) is 4.81. The third-order valence-electron chi connectivity index (χ3n) is 2.34. The summed E-state index contributed by atoms with van der Waals surface area (Å²) in [5, 5.41) is 14.0. The van der Waals surface area contributed by atoms with Gasteiger partial charge in [-0.15, -0.1) is 0 Å². The Morgan fingerprint density at radius 3 is 3.00 bits per heavy atom. The van der Waals surface area contributed by atoms with Crippen LogP contribution in [0.1, 0.15) is 12.0 Å².